The second-order valence-electron chi connectivity index (χ2n) is 7.53. The minimum Gasteiger partial charge on any atom is -0.467 e. The van der Waals surface area contributed by atoms with Gasteiger partial charge in [0.25, 0.3) is 5.91 Å². The Bertz CT molecular complexity index is 1150. The summed E-state index contributed by atoms with van der Waals surface area (Å²) in [6.07, 6.45) is -3.50. The molecule has 11 heteroatoms. The van der Waals surface area contributed by atoms with E-state index in [1.54, 1.807) is 37.3 Å². The summed E-state index contributed by atoms with van der Waals surface area (Å²) < 4.78 is 47.2. The maximum Gasteiger partial charge on any atom is 0.410 e. The molecule has 3 aromatic rings. The Balaban J connectivity index is 1.60. The molecule has 1 aliphatic heterocycles. The molecule has 8 nitrogen and oxygen atoms in total. The lowest BCUT2D eigenvalue weighted by molar-refractivity contribution is -0.174. The Morgan fingerprint density at radius 3 is 2.66 bits per heavy atom. The first-order chi connectivity index (χ1) is 15.1. The number of anilines is 3. The van der Waals surface area contributed by atoms with Crippen LogP contribution in [0.4, 0.5) is 30.4 Å². The maximum atomic E-state index is 13.7. The van der Waals surface area contributed by atoms with E-state index in [0.29, 0.717) is 17.1 Å². The molecule has 0 spiro atoms. The molecule has 2 aromatic heterocycles. The van der Waals surface area contributed by atoms with E-state index in [9.17, 15) is 22.8 Å². The number of aryl methyl sites for hydroxylation is 1. The summed E-state index contributed by atoms with van der Waals surface area (Å²) in [7, 11) is 0. The van der Waals surface area contributed by atoms with Gasteiger partial charge in [0.1, 0.15) is 11.6 Å². The summed E-state index contributed by atoms with van der Waals surface area (Å²) in [6, 6.07) is 6.72. The van der Waals surface area contributed by atoms with Crippen molar-refractivity contribution in [2.75, 3.05) is 16.0 Å². The third kappa shape index (κ3) is 4.32. The fraction of sp³-hybridized carbons (Fsp3) is 0.286. The first kappa shape index (κ1) is 21.5. The highest BCUT2D eigenvalue weighted by Gasteiger charge is 2.47. The summed E-state index contributed by atoms with van der Waals surface area (Å²) in [6.45, 7) is 3.15. The first-order valence-electron chi connectivity index (χ1n) is 9.77. The third-order valence-corrected chi connectivity index (χ3v) is 5.12. The van der Waals surface area contributed by atoms with Crippen LogP contribution in [0.25, 0.3) is 0 Å². The van der Waals surface area contributed by atoms with Gasteiger partial charge in [0, 0.05) is 30.8 Å². The highest BCUT2D eigenvalue weighted by molar-refractivity contribution is 6.04. The van der Waals surface area contributed by atoms with Crippen LogP contribution in [0, 0.1) is 6.92 Å². The van der Waals surface area contributed by atoms with Crippen molar-refractivity contribution in [1.29, 1.82) is 0 Å². The Kier molecular flexibility index (Phi) is 5.41. The van der Waals surface area contributed by atoms with E-state index in [2.05, 4.69) is 21.0 Å². The molecule has 0 bridgehead atoms. The standard InChI is InChI=1S/C21H20F3N5O3/c1-11-5-6-13(8-14(11)25-12(2)30)26-20(31)16-10-19-27-15(17-4-3-7-32-17)9-18(21(22,23)24)29(19)28-16/h3-8,10,15,18,27H,9H2,1-2H3,(H,25,30)(H,26,31)/t15-,18+/m0/s1. The number of hydrogen-bond acceptors (Lipinski definition) is 5. The van der Waals surface area contributed by atoms with Crippen molar-refractivity contribution in [3.63, 3.8) is 0 Å². The van der Waals surface area contributed by atoms with E-state index in [1.807, 2.05) is 0 Å². The zero-order valence-electron chi connectivity index (χ0n) is 17.2. The number of rotatable bonds is 4. The van der Waals surface area contributed by atoms with Gasteiger partial charge in [-0.1, -0.05) is 6.07 Å². The minimum absolute atomic E-state index is 0.0629. The zero-order valence-corrected chi connectivity index (χ0v) is 17.2. The number of nitrogens with zero attached hydrogens (tertiary/aromatic N) is 2. The number of carbonyl (C=O) groups is 2. The molecule has 2 atom stereocenters. The summed E-state index contributed by atoms with van der Waals surface area (Å²) in [4.78, 5) is 24.1. The Hall–Kier alpha value is -3.76. The van der Waals surface area contributed by atoms with E-state index in [0.717, 1.165) is 10.2 Å². The largest absolute Gasteiger partial charge is 0.467 e. The highest BCUT2D eigenvalue weighted by atomic mass is 19.4. The highest BCUT2D eigenvalue weighted by Crippen LogP contribution is 2.43. The predicted molar refractivity (Wildman–Crippen MR) is 110 cm³/mol. The van der Waals surface area contributed by atoms with Crippen molar-refractivity contribution in [2.45, 2.75) is 38.5 Å². The van der Waals surface area contributed by atoms with Crippen LogP contribution in [-0.4, -0.2) is 27.8 Å². The Morgan fingerprint density at radius 1 is 1.22 bits per heavy atom. The summed E-state index contributed by atoms with van der Waals surface area (Å²) in [5.74, 6) is -0.522. The molecule has 0 radical (unpaired) electrons. The lowest BCUT2D eigenvalue weighted by atomic mass is 10.0. The molecular weight excluding hydrogens is 427 g/mol. The number of hydrogen-bond donors (Lipinski definition) is 3. The Morgan fingerprint density at radius 2 is 2.00 bits per heavy atom. The second-order valence-corrected chi connectivity index (χ2v) is 7.53. The monoisotopic (exact) mass is 447 g/mol. The summed E-state index contributed by atoms with van der Waals surface area (Å²) >= 11 is 0. The summed E-state index contributed by atoms with van der Waals surface area (Å²) in [5, 5.41) is 12.1. The molecule has 32 heavy (non-hydrogen) atoms. The van der Waals surface area contributed by atoms with Crippen LogP contribution in [0.2, 0.25) is 0 Å². The molecule has 3 N–H and O–H groups in total. The molecule has 0 saturated heterocycles. The first-order valence-corrected chi connectivity index (χ1v) is 9.77. The van der Waals surface area contributed by atoms with Gasteiger partial charge in [-0.2, -0.15) is 18.3 Å². The molecule has 3 heterocycles. The van der Waals surface area contributed by atoms with Crippen molar-refractivity contribution in [1.82, 2.24) is 9.78 Å². The summed E-state index contributed by atoms with van der Waals surface area (Å²) in [5.41, 5.74) is 1.49. The van der Waals surface area contributed by atoms with Crippen LogP contribution in [-0.2, 0) is 4.79 Å². The fourth-order valence-electron chi connectivity index (χ4n) is 3.58. The number of furan rings is 1. The maximum absolute atomic E-state index is 13.7. The minimum atomic E-state index is -4.56. The third-order valence-electron chi connectivity index (χ3n) is 5.12. The SMILES string of the molecule is CC(=O)Nc1cc(NC(=O)c2cc3n(n2)[C@@H](C(F)(F)F)C[C@@H](c2ccco2)N3)ccc1C. The molecule has 2 amide bonds. The number of alkyl halides is 3. The van der Waals surface area contributed by atoms with Crippen LogP contribution in [0.5, 0.6) is 0 Å². The van der Waals surface area contributed by atoms with Crippen molar-refractivity contribution < 1.29 is 27.2 Å². The number of halogens is 3. The molecule has 4 rings (SSSR count). The predicted octanol–water partition coefficient (Wildman–Crippen LogP) is 4.66. The average Bonchev–Trinajstić information content (AvgIpc) is 3.38. The Labute approximate surface area is 180 Å². The molecule has 1 aliphatic rings. The van der Waals surface area contributed by atoms with Crippen LogP contribution in [0.15, 0.2) is 47.1 Å². The van der Waals surface area contributed by atoms with Crippen LogP contribution in [0.3, 0.4) is 0 Å². The van der Waals surface area contributed by atoms with Gasteiger partial charge in [-0.3, -0.25) is 9.59 Å². The van der Waals surface area contributed by atoms with E-state index < -0.39 is 24.2 Å². The van der Waals surface area contributed by atoms with Gasteiger partial charge in [-0.25, -0.2) is 4.68 Å². The smallest absolute Gasteiger partial charge is 0.410 e. The second kappa shape index (κ2) is 8.06. The number of fused-ring (bicyclic) bond motifs is 1. The molecule has 0 fully saturated rings. The van der Waals surface area contributed by atoms with Gasteiger partial charge in [-0.15, -0.1) is 0 Å². The number of benzene rings is 1. The topological polar surface area (TPSA) is 101 Å². The number of carbonyl (C=O) groups excluding carboxylic acids is 2. The van der Waals surface area contributed by atoms with Crippen molar-refractivity contribution in [3.8, 4) is 0 Å². The van der Waals surface area contributed by atoms with E-state index >= 15 is 0 Å². The average molecular weight is 447 g/mol. The van der Waals surface area contributed by atoms with Gasteiger partial charge in [0.05, 0.1) is 12.3 Å². The van der Waals surface area contributed by atoms with Gasteiger partial charge < -0.3 is 20.4 Å². The van der Waals surface area contributed by atoms with E-state index in [4.69, 9.17) is 4.42 Å². The van der Waals surface area contributed by atoms with Crippen molar-refractivity contribution in [3.05, 3.63) is 59.7 Å². The van der Waals surface area contributed by atoms with E-state index in [-0.39, 0.29) is 23.8 Å². The van der Waals surface area contributed by atoms with Gasteiger partial charge in [0.15, 0.2) is 11.7 Å². The number of aromatic nitrogens is 2. The fourth-order valence-corrected chi connectivity index (χ4v) is 3.58. The van der Waals surface area contributed by atoms with Crippen LogP contribution >= 0.6 is 0 Å². The molecule has 0 aliphatic carbocycles. The number of nitrogens with one attached hydrogen (secondary N) is 3. The molecule has 0 saturated carbocycles. The van der Waals surface area contributed by atoms with Gasteiger partial charge in [-0.05, 0) is 36.8 Å². The normalized spacial score (nSPS) is 17.9. The molecule has 1 aromatic carbocycles. The lowest BCUT2D eigenvalue weighted by Gasteiger charge is -2.32. The molecular formula is C21H20F3N5O3. The van der Waals surface area contributed by atoms with Crippen LogP contribution in [0.1, 0.15) is 47.2 Å². The van der Waals surface area contributed by atoms with Crippen molar-refractivity contribution in [2.24, 2.45) is 0 Å². The zero-order chi connectivity index (χ0) is 23.0. The van der Waals surface area contributed by atoms with E-state index in [1.165, 1.54) is 19.3 Å². The quantitative estimate of drug-likeness (QED) is 0.540. The van der Waals surface area contributed by atoms with Gasteiger partial charge in [0.2, 0.25) is 5.91 Å². The van der Waals surface area contributed by atoms with Gasteiger partial charge >= 0.3 is 6.18 Å². The number of amides is 2. The molecule has 0 unspecified atom stereocenters. The van der Waals surface area contributed by atoms with Crippen molar-refractivity contribution >= 4 is 29.0 Å². The van der Waals surface area contributed by atoms with Crippen LogP contribution < -0.4 is 16.0 Å². The molecule has 168 valence electrons. The lowest BCUT2D eigenvalue weighted by Crippen LogP contribution is -2.35.